The third kappa shape index (κ3) is 8.72. The number of anilines is 1. The Kier molecular flexibility index (Phi) is 12.0. The number of hydrogen-bond acceptors (Lipinski definition) is 8. The first-order chi connectivity index (χ1) is 21.9. The summed E-state index contributed by atoms with van der Waals surface area (Å²) in [5, 5.41) is 13.0. The highest BCUT2D eigenvalue weighted by Gasteiger charge is 2.33. The molecule has 4 atom stereocenters. The molecule has 2 heterocycles. The quantitative estimate of drug-likeness (QED) is 0.373. The van der Waals surface area contributed by atoms with Gasteiger partial charge in [0.25, 0.3) is 21.8 Å². The van der Waals surface area contributed by atoms with Gasteiger partial charge in [-0.25, -0.2) is 13.4 Å². The molecule has 0 aliphatic carbocycles. The molecule has 0 saturated heterocycles. The maximum absolute atomic E-state index is 14.3. The topological polar surface area (TPSA) is 143 Å². The van der Waals surface area contributed by atoms with Gasteiger partial charge in [-0.2, -0.15) is 4.31 Å². The molecule has 1 aromatic heterocycles. The summed E-state index contributed by atoms with van der Waals surface area (Å²) in [6, 6.07) is 13.2. The Morgan fingerprint density at radius 2 is 1.91 bits per heavy atom. The van der Waals surface area contributed by atoms with Crippen molar-refractivity contribution in [1.29, 1.82) is 0 Å². The number of imidazole rings is 1. The summed E-state index contributed by atoms with van der Waals surface area (Å²) >= 11 is 0. The van der Waals surface area contributed by atoms with Crippen molar-refractivity contribution in [1.82, 2.24) is 18.8 Å². The zero-order chi connectivity index (χ0) is 33.4. The number of likely N-dealkylation sites (N-methyl/N-ethyl adjacent to an activating group) is 1. The SMILES string of the molecule is C[C@@H]1CN([C@@H](C)CO)C(=O)c2cc(NC(=O)c3ccccc3)ccc2O[C@@H](C)CCCCO[C@H]1CN(C)S(=O)(=O)c1cn(C)cn1. The van der Waals surface area contributed by atoms with Gasteiger partial charge in [-0.15, -0.1) is 0 Å². The van der Waals surface area contributed by atoms with E-state index in [2.05, 4.69) is 10.3 Å². The summed E-state index contributed by atoms with van der Waals surface area (Å²) in [5.41, 5.74) is 1.14. The number of fused-ring (bicyclic) bond motifs is 1. The van der Waals surface area contributed by atoms with Crippen LogP contribution >= 0.6 is 0 Å². The number of amides is 2. The molecule has 0 radical (unpaired) electrons. The minimum atomic E-state index is -3.88. The average molecular weight is 656 g/mol. The molecule has 46 heavy (non-hydrogen) atoms. The van der Waals surface area contributed by atoms with Crippen LogP contribution in [0.15, 0.2) is 66.1 Å². The van der Waals surface area contributed by atoms with Crippen LogP contribution in [-0.2, 0) is 21.8 Å². The van der Waals surface area contributed by atoms with E-state index in [9.17, 15) is 23.1 Å². The number of aliphatic hydroxyl groups is 1. The molecule has 2 aromatic carbocycles. The molecule has 13 heteroatoms. The molecule has 0 spiro atoms. The lowest BCUT2D eigenvalue weighted by Crippen LogP contribution is -2.48. The third-order valence-corrected chi connectivity index (χ3v) is 9.85. The van der Waals surface area contributed by atoms with Crippen LogP contribution < -0.4 is 10.1 Å². The van der Waals surface area contributed by atoms with Crippen molar-refractivity contribution in [3.63, 3.8) is 0 Å². The minimum absolute atomic E-state index is 0.0430. The Labute approximate surface area is 271 Å². The van der Waals surface area contributed by atoms with Crippen molar-refractivity contribution in [2.75, 3.05) is 38.7 Å². The standard InChI is InChI=1S/C33H45N5O7S/c1-23-18-38(24(2)21-39)33(41)28-17-27(35-32(40)26-12-7-6-8-13-26)14-15-29(28)45-25(3)11-9-10-16-44-30(23)19-37(5)46(42,43)31-20-36(4)22-34-31/h6-8,12-15,17,20,22-25,30,39H,9-11,16,18-19,21H2,1-5H3,(H,35,40)/t23-,24+,25+,30+/m1/s1. The number of rotatable bonds is 8. The Balaban J connectivity index is 1.65. The molecule has 1 aliphatic heterocycles. The first-order valence-electron chi connectivity index (χ1n) is 15.6. The number of carbonyl (C=O) groups excluding carboxylic acids is 2. The van der Waals surface area contributed by atoms with E-state index in [4.69, 9.17) is 9.47 Å². The van der Waals surface area contributed by atoms with Crippen LogP contribution in [0, 0.1) is 5.92 Å². The highest BCUT2D eigenvalue weighted by atomic mass is 32.2. The van der Waals surface area contributed by atoms with E-state index in [1.807, 2.05) is 19.9 Å². The number of aliphatic hydroxyl groups excluding tert-OH is 1. The Morgan fingerprint density at radius 1 is 1.17 bits per heavy atom. The number of nitrogens with one attached hydrogen (secondary N) is 1. The van der Waals surface area contributed by atoms with Gasteiger partial charge in [0.2, 0.25) is 0 Å². The molecule has 1 aliphatic rings. The van der Waals surface area contributed by atoms with Crippen molar-refractivity contribution in [2.24, 2.45) is 13.0 Å². The van der Waals surface area contributed by atoms with Gasteiger partial charge >= 0.3 is 0 Å². The van der Waals surface area contributed by atoms with Crippen molar-refractivity contribution in [3.05, 3.63) is 72.2 Å². The van der Waals surface area contributed by atoms with Gasteiger partial charge < -0.3 is 29.4 Å². The molecule has 2 N–H and O–H groups in total. The van der Waals surface area contributed by atoms with Crippen LogP contribution in [0.5, 0.6) is 5.75 Å². The first kappa shape index (κ1) is 35.1. The fourth-order valence-electron chi connectivity index (χ4n) is 5.29. The van der Waals surface area contributed by atoms with Crippen molar-refractivity contribution in [2.45, 2.75) is 63.3 Å². The lowest BCUT2D eigenvalue weighted by atomic mass is 10.0. The maximum Gasteiger partial charge on any atom is 0.261 e. The van der Waals surface area contributed by atoms with Crippen LogP contribution in [-0.4, -0.2) is 95.7 Å². The molecule has 0 bridgehead atoms. The fraction of sp³-hybridized carbons (Fsp3) is 0.485. The van der Waals surface area contributed by atoms with Crippen LogP contribution in [0.3, 0.4) is 0 Å². The van der Waals surface area contributed by atoms with Gasteiger partial charge in [0.1, 0.15) is 5.75 Å². The van der Waals surface area contributed by atoms with Gasteiger partial charge in [-0.1, -0.05) is 25.1 Å². The van der Waals surface area contributed by atoms with Crippen LogP contribution in [0.4, 0.5) is 5.69 Å². The second-order valence-corrected chi connectivity index (χ2v) is 14.0. The Hall–Kier alpha value is -3.78. The van der Waals surface area contributed by atoms with Gasteiger partial charge in [-0.05, 0) is 63.4 Å². The smallest absolute Gasteiger partial charge is 0.261 e. The fourth-order valence-corrected chi connectivity index (χ4v) is 6.43. The third-order valence-electron chi connectivity index (χ3n) is 8.14. The van der Waals surface area contributed by atoms with E-state index >= 15 is 0 Å². The Bertz CT molecular complexity index is 1580. The summed E-state index contributed by atoms with van der Waals surface area (Å²) in [7, 11) is -0.687. The number of benzene rings is 2. The van der Waals surface area contributed by atoms with E-state index in [1.165, 1.54) is 23.9 Å². The second-order valence-electron chi connectivity index (χ2n) is 12.0. The van der Waals surface area contributed by atoms with Crippen LogP contribution in [0.1, 0.15) is 60.7 Å². The summed E-state index contributed by atoms with van der Waals surface area (Å²) in [5.74, 6) is -0.658. The minimum Gasteiger partial charge on any atom is -0.490 e. The van der Waals surface area contributed by atoms with E-state index in [-0.39, 0.29) is 48.2 Å². The molecule has 0 fully saturated rings. The van der Waals surface area contributed by atoms with Crippen LogP contribution in [0.2, 0.25) is 0 Å². The van der Waals surface area contributed by atoms with Gasteiger partial charge in [0, 0.05) is 57.2 Å². The van der Waals surface area contributed by atoms with Crippen LogP contribution in [0.25, 0.3) is 0 Å². The first-order valence-corrected chi connectivity index (χ1v) is 17.0. The van der Waals surface area contributed by atoms with E-state index < -0.39 is 28.1 Å². The summed E-state index contributed by atoms with van der Waals surface area (Å²) in [6.45, 7) is 5.89. The highest BCUT2D eigenvalue weighted by molar-refractivity contribution is 7.89. The molecular formula is C33H45N5O7S. The summed E-state index contributed by atoms with van der Waals surface area (Å²) in [6.07, 6.45) is 4.35. The number of sulfonamides is 1. The van der Waals surface area contributed by atoms with Gasteiger partial charge in [-0.3, -0.25) is 9.59 Å². The molecule has 0 unspecified atom stereocenters. The largest absolute Gasteiger partial charge is 0.490 e. The maximum atomic E-state index is 14.3. The number of aromatic nitrogens is 2. The van der Waals surface area contributed by atoms with Gasteiger partial charge in [0.05, 0.1) is 36.7 Å². The predicted molar refractivity (Wildman–Crippen MR) is 174 cm³/mol. The molecule has 12 nitrogen and oxygen atoms in total. The highest BCUT2D eigenvalue weighted by Crippen LogP contribution is 2.29. The number of ether oxygens (including phenoxy) is 2. The molecule has 2 amide bonds. The molecule has 0 saturated carbocycles. The monoisotopic (exact) mass is 655 g/mol. The lowest BCUT2D eigenvalue weighted by Gasteiger charge is -2.35. The van der Waals surface area contributed by atoms with Crippen molar-refractivity contribution in [3.8, 4) is 5.75 Å². The molecule has 4 rings (SSSR count). The van der Waals surface area contributed by atoms with E-state index in [0.29, 0.717) is 30.0 Å². The number of aryl methyl sites for hydroxylation is 1. The zero-order valence-electron chi connectivity index (χ0n) is 27.1. The summed E-state index contributed by atoms with van der Waals surface area (Å²) < 4.78 is 41.9. The predicted octanol–water partition coefficient (Wildman–Crippen LogP) is 3.79. The number of nitrogens with zero attached hydrogens (tertiary/aromatic N) is 4. The van der Waals surface area contributed by atoms with Crippen molar-refractivity contribution < 1.29 is 32.6 Å². The van der Waals surface area contributed by atoms with Gasteiger partial charge in [0.15, 0.2) is 5.03 Å². The second kappa shape index (κ2) is 15.7. The molecule has 250 valence electrons. The zero-order valence-corrected chi connectivity index (χ0v) is 27.9. The number of hydrogen-bond donors (Lipinski definition) is 2. The lowest BCUT2D eigenvalue weighted by molar-refractivity contribution is -0.00835. The Morgan fingerprint density at radius 3 is 2.59 bits per heavy atom. The molecule has 3 aromatic rings. The molecular weight excluding hydrogens is 610 g/mol. The summed E-state index contributed by atoms with van der Waals surface area (Å²) in [4.78, 5) is 32.8. The average Bonchev–Trinajstić information content (AvgIpc) is 3.49. The normalized spacial score (nSPS) is 20.8. The number of carbonyl (C=O) groups is 2. The van der Waals surface area contributed by atoms with Crippen molar-refractivity contribution >= 4 is 27.5 Å². The van der Waals surface area contributed by atoms with E-state index in [1.54, 1.807) is 65.9 Å². The van der Waals surface area contributed by atoms with E-state index in [0.717, 1.165) is 12.8 Å².